The van der Waals surface area contributed by atoms with Gasteiger partial charge in [0.1, 0.15) is 5.82 Å². The number of aromatic nitrogens is 4. The molecule has 3 aromatic rings. The van der Waals surface area contributed by atoms with Gasteiger partial charge < -0.3 is 5.73 Å². The molecule has 0 unspecified atom stereocenters. The van der Waals surface area contributed by atoms with E-state index in [9.17, 15) is 10.1 Å². The number of anilines is 1. The summed E-state index contributed by atoms with van der Waals surface area (Å²) in [6.07, 6.45) is 3.98. The van der Waals surface area contributed by atoms with Crippen LogP contribution < -0.4 is 5.73 Å². The predicted octanol–water partition coefficient (Wildman–Crippen LogP) is 2.96. The van der Waals surface area contributed by atoms with Gasteiger partial charge in [0.25, 0.3) is 0 Å². The van der Waals surface area contributed by atoms with Crippen molar-refractivity contribution in [2.24, 2.45) is 0 Å². The smallest absolute Gasteiger partial charge is 0.324 e. The van der Waals surface area contributed by atoms with Gasteiger partial charge in [-0.05, 0) is 25.0 Å². The van der Waals surface area contributed by atoms with Crippen LogP contribution in [-0.4, -0.2) is 25.1 Å². The van der Waals surface area contributed by atoms with Crippen LogP contribution in [0.25, 0.3) is 22.0 Å². The molecule has 0 radical (unpaired) electrons. The normalized spacial score (nSPS) is 14.1. The molecular formula is C14H12N6O2S. The molecule has 1 aliphatic rings. The fourth-order valence-corrected chi connectivity index (χ4v) is 3.10. The van der Waals surface area contributed by atoms with E-state index in [0.29, 0.717) is 33.7 Å². The number of hydrogen-bond acceptors (Lipinski definition) is 7. The third-order valence-electron chi connectivity index (χ3n) is 3.70. The van der Waals surface area contributed by atoms with E-state index < -0.39 is 4.92 Å². The van der Waals surface area contributed by atoms with Crippen molar-refractivity contribution in [2.75, 3.05) is 5.73 Å². The van der Waals surface area contributed by atoms with Crippen LogP contribution >= 0.6 is 11.3 Å². The lowest BCUT2D eigenvalue weighted by Gasteiger charge is -2.02. The Morgan fingerprint density at radius 1 is 1.39 bits per heavy atom. The zero-order valence-electron chi connectivity index (χ0n) is 11.9. The maximum absolute atomic E-state index is 10.8. The molecule has 116 valence electrons. The number of H-pyrrole nitrogens is 1. The van der Waals surface area contributed by atoms with E-state index in [0.717, 1.165) is 17.0 Å². The SMILES string of the molecule is Nc1nc(-c2ccc([N+](=O)[O-])s2)ncc1-c1cc(C2CC2)[nH]n1. The van der Waals surface area contributed by atoms with Gasteiger partial charge in [0.2, 0.25) is 0 Å². The molecular weight excluding hydrogens is 316 g/mol. The highest BCUT2D eigenvalue weighted by Crippen LogP contribution is 2.40. The molecule has 23 heavy (non-hydrogen) atoms. The Morgan fingerprint density at radius 3 is 2.87 bits per heavy atom. The standard InChI is InChI=1S/C14H12N6O2S/c15-13-8(10-5-9(18-19-10)7-1-2-7)6-16-14(17-13)11-3-4-12(23-11)20(21)22/h3-7H,1-2H2,(H,18,19)(H2,15,16,17). The third kappa shape index (κ3) is 2.55. The van der Waals surface area contributed by atoms with Crippen LogP contribution in [0.1, 0.15) is 24.5 Å². The molecule has 0 spiro atoms. The highest BCUT2D eigenvalue weighted by Gasteiger charge is 2.26. The summed E-state index contributed by atoms with van der Waals surface area (Å²) in [6.45, 7) is 0. The second-order valence-electron chi connectivity index (χ2n) is 5.37. The van der Waals surface area contributed by atoms with E-state index in [2.05, 4.69) is 20.2 Å². The lowest BCUT2D eigenvalue weighted by Crippen LogP contribution is -1.98. The Bertz CT molecular complexity index is 898. The van der Waals surface area contributed by atoms with Crippen LogP contribution in [0.4, 0.5) is 10.8 Å². The number of nitro groups is 1. The summed E-state index contributed by atoms with van der Waals surface area (Å²) in [5, 5.41) is 18.1. The molecule has 0 aliphatic heterocycles. The number of hydrogen-bond donors (Lipinski definition) is 2. The summed E-state index contributed by atoms with van der Waals surface area (Å²) in [6, 6.07) is 5.03. The maximum Gasteiger partial charge on any atom is 0.324 e. The van der Waals surface area contributed by atoms with Gasteiger partial charge in [-0.2, -0.15) is 5.10 Å². The lowest BCUT2D eigenvalue weighted by atomic mass is 10.2. The summed E-state index contributed by atoms with van der Waals surface area (Å²) in [5.74, 6) is 1.26. The minimum atomic E-state index is -0.435. The average Bonchev–Trinajstić information content (AvgIpc) is 3.07. The molecule has 4 rings (SSSR count). The van der Waals surface area contributed by atoms with Crippen molar-refractivity contribution in [3.05, 3.63) is 40.2 Å². The summed E-state index contributed by atoms with van der Waals surface area (Å²) in [7, 11) is 0. The molecule has 0 saturated heterocycles. The van der Waals surface area contributed by atoms with Gasteiger partial charge in [-0.1, -0.05) is 11.3 Å². The van der Waals surface area contributed by atoms with E-state index >= 15 is 0 Å². The number of nitrogens with one attached hydrogen (secondary N) is 1. The van der Waals surface area contributed by atoms with Gasteiger partial charge in [0.05, 0.1) is 21.1 Å². The van der Waals surface area contributed by atoms with Crippen molar-refractivity contribution in [1.29, 1.82) is 0 Å². The van der Waals surface area contributed by atoms with Crippen LogP contribution in [0.5, 0.6) is 0 Å². The molecule has 1 fully saturated rings. The second kappa shape index (κ2) is 5.13. The first-order chi connectivity index (χ1) is 11.1. The Hall–Kier alpha value is -2.81. The van der Waals surface area contributed by atoms with Gasteiger partial charge in [-0.25, -0.2) is 9.97 Å². The topological polar surface area (TPSA) is 124 Å². The third-order valence-corrected chi connectivity index (χ3v) is 4.73. The highest BCUT2D eigenvalue weighted by atomic mass is 32.1. The fraction of sp³-hybridized carbons (Fsp3) is 0.214. The number of thiophene rings is 1. The first-order valence-electron chi connectivity index (χ1n) is 7.04. The molecule has 0 bridgehead atoms. The highest BCUT2D eigenvalue weighted by molar-refractivity contribution is 7.18. The van der Waals surface area contributed by atoms with E-state index in [1.54, 1.807) is 12.3 Å². The van der Waals surface area contributed by atoms with Crippen molar-refractivity contribution in [3.63, 3.8) is 0 Å². The summed E-state index contributed by atoms with van der Waals surface area (Å²) >= 11 is 1.02. The minimum Gasteiger partial charge on any atom is -0.383 e. The summed E-state index contributed by atoms with van der Waals surface area (Å²) in [5.41, 5.74) is 8.50. The van der Waals surface area contributed by atoms with Crippen LogP contribution in [0.3, 0.4) is 0 Å². The van der Waals surface area contributed by atoms with E-state index in [-0.39, 0.29) is 5.00 Å². The molecule has 1 saturated carbocycles. The number of rotatable bonds is 4. The average molecular weight is 328 g/mol. The van der Waals surface area contributed by atoms with Crippen molar-refractivity contribution >= 4 is 22.2 Å². The van der Waals surface area contributed by atoms with Gasteiger partial charge in [0.15, 0.2) is 5.82 Å². The molecule has 1 aliphatic carbocycles. The Kier molecular flexibility index (Phi) is 3.08. The van der Waals surface area contributed by atoms with Crippen molar-refractivity contribution in [1.82, 2.24) is 20.2 Å². The predicted molar refractivity (Wildman–Crippen MR) is 86.0 cm³/mol. The van der Waals surface area contributed by atoms with E-state index in [1.165, 1.54) is 18.9 Å². The maximum atomic E-state index is 10.8. The molecule has 0 aromatic carbocycles. The van der Waals surface area contributed by atoms with E-state index in [4.69, 9.17) is 5.73 Å². The number of aromatic amines is 1. The lowest BCUT2D eigenvalue weighted by molar-refractivity contribution is -0.380. The van der Waals surface area contributed by atoms with Crippen molar-refractivity contribution in [3.8, 4) is 22.0 Å². The Balaban J connectivity index is 1.66. The fourth-order valence-electron chi connectivity index (χ4n) is 2.34. The van der Waals surface area contributed by atoms with Gasteiger partial charge in [-0.15, -0.1) is 0 Å². The van der Waals surface area contributed by atoms with Gasteiger partial charge in [-0.3, -0.25) is 15.2 Å². The van der Waals surface area contributed by atoms with Crippen molar-refractivity contribution in [2.45, 2.75) is 18.8 Å². The molecule has 0 amide bonds. The van der Waals surface area contributed by atoms with E-state index in [1.807, 2.05) is 6.07 Å². The molecule has 3 N–H and O–H groups in total. The van der Waals surface area contributed by atoms with Crippen LogP contribution in [-0.2, 0) is 0 Å². The van der Waals surface area contributed by atoms with Crippen LogP contribution in [0.15, 0.2) is 24.4 Å². The zero-order valence-corrected chi connectivity index (χ0v) is 12.7. The number of nitrogens with zero attached hydrogens (tertiary/aromatic N) is 4. The summed E-state index contributed by atoms with van der Waals surface area (Å²) in [4.78, 5) is 19.5. The molecule has 9 heteroatoms. The largest absolute Gasteiger partial charge is 0.383 e. The monoisotopic (exact) mass is 328 g/mol. The van der Waals surface area contributed by atoms with Gasteiger partial charge >= 0.3 is 5.00 Å². The summed E-state index contributed by atoms with van der Waals surface area (Å²) < 4.78 is 0. The molecule has 0 atom stereocenters. The number of nitrogen functional groups attached to an aromatic ring is 1. The first-order valence-corrected chi connectivity index (χ1v) is 7.86. The quantitative estimate of drug-likeness (QED) is 0.560. The molecule has 3 aromatic heterocycles. The first kappa shape index (κ1) is 13.8. The minimum absolute atomic E-state index is 0.0487. The molecule has 8 nitrogen and oxygen atoms in total. The molecule has 3 heterocycles. The second-order valence-corrected chi connectivity index (χ2v) is 6.43. The van der Waals surface area contributed by atoms with Crippen LogP contribution in [0.2, 0.25) is 0 Å². The Labute approximate surface area is 134 Å². The number of nitrogens with two attached hydrogens (primary N) is 1. The zero-order chi connectivity index (χ0) is 16.0. The van der Waals surface area contributed by atoms with Crippen LogP contribution in [0, 0.1) is 10.1 Å². The van der Waals surface area contributed by atoms with Gasteiger partial charge in [0, 0.05) is 23.9 Å². The Morgan fingerprint density at radius 2 is 2.22 bits per heavy atom. The van der Waals surface area contributed by atoms with Crippen molar-refractivity contribution < 1.29 is 4.92 Å².